The number of halogens is 5. The number of alkyl halides is 3. The van der Waals surface area contributed by atoms with Crippen molar-refractivity contribution in [2.24, 2.45) is 0 Å². The van der Waals surface area contributed by atoms with Crippen LogP contribution in [-0.2, 0) is 0 Å². The molecule has 0 atom stereocenters. The minimum absolute atomic E-state index is 0.0100. The van der Waals surface area contributed by atoms with Gasteiger partial charge < -0.3 is 0 Å². The molecular formula is C3HCl5. The Balaban J connectivity index is 4.03. The molecule has 5 heteroatoms. The highest BCUT2D eigenvalue weighted by Crippen LogP contribution is 2.36. The lowest BCUT2D eigenvalue weighted by Gasteiger charge is -2.05. The summed E-state index contributed by atoms with van der Waals surface area (Å²) >= 11 is 26.1. The van der Waals surface area contributed by atoms with Gasteiger partial charge in [-0.05, 0) is 0 Å². The molecule has 0 unspecified atom stereocenters. The van der Waals surface area contributed by atoms with Crippen LogP contribution in [0.15, 0.2) is 10.6 Å². The molecule has 0 aliphatic heterocycles. The predicted octanol–water partition coefficient (Wildman–Crippen LogP) is 3.68. The fourth-order valence-electron chi connectivity index (χ4n) is 0.0619. The first-order valence-electron chi connectivity index (χ1n) is 1.51. The second kappa shape index (κ2) is 3.38. The normalized spacial score (nSPS) is 14.4. The van der Waals surface area contributed by atoms with Gasteiger partial charge in [0.05, 0.1) is 5.03 Å². The Labute approximate surface area is 72.3 Å². The lowest BCUT2D eigenvalue weighted by molar-refractivity contribution is 1.43. The monoisotopic (exact) mass is 212 g/mol. The van der Waals surface area contributed by atoms with Crippen LogP contribution in [0, 0.1) is 0 Å². The lowest BCUT2D eigenvalue weighted by atomic mass is 10.7. The van der Waals surface area contributed by atoms with Crippen molar-refractivity contribution in [1.82, 2.24) is 0 Å². The highest BCUT2D eigenvalue weighted by atomic mass is 35.6. The van der Waals surface area contributed by atoms with E-state index < -0.39 is 3.79 Å². The fraction of sp³-hybridized carbons (Fsp3) is 0.333. The Morgan fingerprint density at radius 2 is 1.62 bits per heavy atom. The van der Waals surface area contributed by atoms with Crippen LogP contribution in [0.5, 0.6) is 0 Å². The van der Waals surface area contributed by atoms with Crippen LogP contribution in [-0.4, -0.2) is 3.79 Å². The van der Waals surface area contributed by atoms with Gasteiger partial charge in [0.2, 0.25) is 3.79 Å². The average Bonchev–Trinajstić information content (AvgIpc) is 1.62. The Morgan fingerprint density at radius 3 is 1.62 bits per heavy atom. The highest BCUT2D eigenvalue weighted by Gasteiger charge is 2.23. The molecule has 0 aromatic carbocycles. The Morgan fingerprint density at radius 1 is 1.25 bits per heavy atom. The minimum atomic E-state index is -1.58. The van der Waals surface area contributed by atoms with Gasteiger partial charge in [-0.1, -0.05) is 58.0 Å². The second-order valence-corrected chi connectivity index (χ2v) is 3.86. The molecule has 0 fully saturated rings. The van der Waals surface area contributed by atoms with Gasteiger partial charge in [0.25, 0.3) is 0 Å². The van der Waals surface area contributed by atoms with Gasteiger partial charge in [-0.2, -0.15) is 0 Å². The van der Waals surface area contributed by atoms with Gasteiger partial charge in [0, 0.05) is 5.54 Å². The van der Waals surface area contributed by atoms with Crippen molar-refractivity contribution in [1.29, 1.82) is 0 Å². The first-order chi connectivity index (χ1) is 3.48. The molecule has 0 saturated heterocycles. The molecule has 0 aromatic rings. The molecule has 0 spiro atoms. The standard InChI is InChI=1S/C3HCl5/c4-1-2(5)3(6,7)8/h1H/b2-1-. The molecule has 0 aliphatic rings. The van der Waals surface area contributed by atoms with Crippen molar-refractivity contribution in [2.75, 3.05) is 0 Å². The largest absolute Gasteiger partial charge is 0.227 e. The summed E-state index contributed by atoms with van der Waals surface area (Å²) in [5.41, 5.74) is 1.01. The maximum absolute atomic E-state index is 5.27. The van der Waals surface area contributed by atoms with Crippen LogP contribution in [0.3, 0.4) is 0 Å². The Hall–Kier alpha value is 1.19. The SMILES string of the molecule is Cl/C=C(\Cl)C(Cl)(Cl)Cl. The van der Waals surface area contributed by atoms with E-state index in [-0.39, 0.29) is 5.03 Å². The maximum Gasteiger partial charge on any atom is 0.227 e. The molecule has 0 bridgehead atoms. The van der Waals surface area contributed by atoms with E-state index in [1.165, 1.54) is 0 Å². The molecule has 0 saturated carbocycles. The number of hydrogen-bond acceptors (Lipinski definition) is 0. The van der Waals surface area contributed by atoms with E-state index in [9.17, 15) is 0 Å². The summed E-state index contributed by atoms with van der Waals surface area (Å²) in [6, 6.07) is 0. The quantitative estimate of drug-likeness (QED) is 0.540. The molecular weight excluding hydrogens is 213 g/mol. The lowest BCUT2D eigenvalue weighted by Crippen LogP contribution is -1.99. The van der Waals surface area contributed by atoms with E-state index in [1.54, 1.807) is 0 Å². The smallest absolute Gasteiger partial charge is 0.0915 e. The molecule has 0 nitrogen and oxygen atoms in total. The van der Waals surface area contributed by atoms with E-state index in [0.717, 1.165) is 5.54 Å². The van der Waals surface area contributed by atoms with E-state index in [4.69, 9.17) is 58.0 Å². The van der Waals surface area contributed by atoms with Crippen molar-refractivity contribution in [3.63, 3.8) is 0 Å². The van der Waals surface area contributed by atoms with Gasteiger partial charge >= 0.3 is 0 Å². The van der Waals surface area contributed by atoms with Crippen LogP contribution >= 0.6 is 58.0 Å². The Bertz CT molecular complexity index is 98.7. The van der Waals surface area contributed by atoms with E-state index in [2.05, 4.69) is 0 Å². The zero-order chi connectivity index (χ0) is 6.78. The summed E-state index contributed by atoms with van der Waals surface area (Å²) in [5.74, 6) is 0. The van der Waals surface area contributed by atoms with Gasteiger partial charge in [-0.3, -0.25) is 0 Å². The van der Waals surface area contributed by atoms with Crippen LogP contribution in [0.2, 0.25) is 0 Å². The van der Waals surface area contributed by atoms with Crippen LogP contribution in [0.1, 0.15) is 0 Å². The number of rotatable bonds is 0. The van der Waals surface area contributed by atoms with Gasteiger partial charge in [0.15, 0.2) is 0 Å². The van der Waals surface area contributed by atoms with E-state index in [0.29, 0.717) is 0 Å². The molecule has 0 amide bonds. The summed E-state index contributed by atoms with van der Waals surface area (Å²) in [7, 11) is 0. The van der Waals surface area contributed by atoms with Crippen LogP contribution < -0.4 is 0 Å². The third-order valence-corrected chi connectivity index (χ3v) is 1.99. The first kappa shape index (κ1) is 9.19. The fourth-order valence-corrected chi connectivity index (χ4v) is 0.557. The summed E-state index contributed by atoms with van der Waals surface area (Å²) < 4.78 is -1.58. The Kier molecular flexibility index (Phi) is 3.88. The van der Waals surface area contributed by atoms with E-state index in [1.807, 2.05) is 0 Å². The molecule has 0 N–H and O–H groups in total. The summed E-state index contributed by atoms with van der Waals surface area (Å²) in [5, 5.41) is -0.0100. The number of hydrogen-bond donors (Lipinski definition) is 0. The summed E-state index contributed by atoms with van der Waals surface area (Å²) in [4.78, 5) is 0. The van der Waals surface area contributed by atoms with Crippen LogP contribution in [0.25, 0.3) is 0 Å². The van der Waals surface area contributed by atoms with E-state index >= 15 is 0 Å². The maximum atomic E-state index is 5.27. The summed E-state index contributed by atoms with van der Waals surface area (Å²) in [6.07, 6.45) is 0. The third-order valence-electron chi connectivity index (χ3n) is 0.367. The van der Waals surface area contributed by atoms with Crippen molar-refractivity contribution in [3.05, 3.63) is 10.6 Å². The molecule has 48 valence electrons. The van der Waals surface area contributed by atoms with Gasteiger partial charge in [0.1, 0.15) is 0 Å². The zero-order valence-electron chi connectivity index (χ0n) is 3.47. The van der Waals surface area contributed by atoms with Crippen molar-refractivity contribution in [2.45, 2.75) is 3.79 Å². The molecule has 8 heavy (non-hydrogen) atoms. The number of allylic oxidation sites excluding steroid dienone is 1. The first-order valence-corrected chi connectivity index (χ1v) is 3.46. The second-order valence-electron chi connectivity index (χ2n) is 0.955. The topological polar surface area (TPSA) is 0 Å². The predicted molar refractivity (Wildman–Crippen MR) is 40.1 cm³/mol. The van der Waals surface area contributed by atoms with Gasteiger partial charge in [-0.15, -0.1) is 0 Å². The highest BCUT2D eigenvalue weighted by molar-refractivity contribution is 6.73. The summed E-state index contributed by atoms with van der Waals surface area (Å²) in [6.45, 7) is 0. The van der Waals surface area contributed by atoms with Crippen molar-refractivity contribution in [3.8, 4) is 0 Å². The molecule has 0 radical (unpaired) electrons. The van der Waals surface area contributed by atoms with Crippen molar-refractivity contribution < 1.29 is 0 Å². The van der Waals surface area contributed by atoms with Crippen LogP contribution in [0.4, 0.5) is 0 Å². The minimum Gasteiger partial charge on any atom is -0.0915 e. The zero-order valence-corrected chi connectivity index (χ0v) is 7.25. The molecule has 0 aromatic heterocycles. The molecule has 0 aliphatic carbocycles. The average molecular weight is 214 g/mol. The third kappa shape index (κ3) is 3.26. The van der Waals surface area contributed by atoms with Gasteiger partial charge in [-0.25, -0.2) is 0 Å². The van der Waals surface area contributed by atoms with Crippen molar-refractivity contribution >= 4 is 58.0 Å². The molecule has 0 rings (SSSR count). The molecule has 0 heterocycles.